The van der Waals surface area contributed by atoms with Crippen LogP contribution in [-0.2, 0) is 11.3 Å². The summed E-state index contributed by atoms with van der Waals surface area (Å²) < 4.78 is 7.47. The Morgan fingerprint density at radius 3 is 3.19 bits per heavy atom. The molecular weight excluding hydrogens is 264 g/mol. The van der Waals surface area contributed by atoms with Gasteiger partial charge in [0.2, 0.25) is 0 Å². The van der Waals surface area contributed by atoms with Crippen molar-refractivity contribution in [1.29, 1.82) is 5.26 Å². The fraction of sp³-hybridized carbons (Fsp3) is 0.375. The van der Waals surface area contributed by atoms with Gasteiger partial charge in [-0.2, -0.15) is 5.26 Å². The number of nitriles is 1. The lowest BCUT2D eigenvalue weighted by atomic mass is 9.97. The van der Waals surface area contributed by atoms with Crippen molar-refractivity contribution in [1.82, 2.24) is 9.55 Å². The Morgan fingerprint density at radius 1 is 1.52 bits per heavy atom. The summed E-state index contributed by atoms with van der Waals surface area (Å²) in [5.41, 5.74) is 9.12. The van der Waals surface area contributed by atoms with Gasteiger partial charge in [-0.3, -0.25) is 0 Å². The van der Waals surface area contributed by atoms with Crippen molar-refractivity contribution in [2.24, 2.45) is 11.7 Å². The number of nitrogens with two attached hydrogens (primary N) is 1. The van der Waals surface area contributed by atoms with E-state index in [0.29, 0.717) is 18.0 Å². The molecule has 5 nitrogen and oxygen atoms in total. The van der Waals surface area contributed by atoms with Crippen molar-refractivity contribution in [3.8, 4) is 6.07 Å². The van der Waals surface area contributed by atoms with E-state index in [2.05, 4.69) is 15.6 Å². The Hall–Kier alpha value is -2.16. The Kier molecular flexibility index (Phi) is 4.00. The first kappa shape index (κ1) is 13.8. The zero-order chi connectivity index (χ0) is 14.7. The summed E-state index contributed by atoms with van der Waals surface area (Å²) in [5, 5.41) is 8.97. The topological polar surface area (TPSA) is 76.9 Å². The van der Waals surface area contributed by atoms with Crippen LogP contribution in [0.3, 0.4) is 0 Å². The third-order valence-electron chi connectivity index (χ3n) is 3.97. The zero-order valence-corrected chi connectivity index (χ0v) is 11.8. The molecule has 0 bridgehead atoms. The lowest BCUT2D eigenvalue weighted by molar-refractivity contribution is 0.180. The monoisotopic (exact) mass is 282 g/mol. The molecule has 5 heteroatoms. The average Bonchev–Trinajstić information content (AvgIpc) is 3.18. The smallest absolute Gasteiger partial charge is 0.0991 e. The second-order valence-corrected chi connectivity index (χ2v) is 5.41. The molecule has 0 spiro atoms. The molecule has 1 saturated heterocycles. The second-order valence-electron chi connectivity index (χ2n) is 5.41. The Bertz CT molecular complexity index is 652. The number of nitrogens with zero attached hydrogens (tertiary/aromatic N) is 3. The van der Waals surface area contributed by atoms with E-state index in [0.717, 1.165) is 30.9 Å². The van der Waals surface area contributed by atoms with Crippen LogP contribution in [-0.4, -0.2) is 22.8 Å². The first-order valence-corrected chi connectivity index (χ1v) is 7.10. The fourth-order valence-corrected chi connectivity index (χ4v) is 2.75. The summed E-state index contributed by atoms with van der Waals surface area (Å²) in [6.07, 6.45) is 4.62. The molecule has 1 aliphatic rings. The van der Waals surface area contributed by atoms with Crippen LogP contribution in [0.15, 0.2) is 36.8 Å². The zero-order valence-electron chi connectivity index (χ0n) is 11.8. The van der Waals surface area contributed by atoms with E-state index < -0.39 is 0 Å². The quantitative estimate of drug-likeness (QED) is 0.928. The minimum Gasteiger partial charge on any atom is -0.381 e. The predicted molar refractivity (Wildman–Crippen MR) is 78.3 cm³/mol. The third-order valence-corrected chi connectivity index (χ3v) is 3.97. The predicted octanol–water partition coefficient (Wildman–Crippen LogP) is 1.84. The van der Waals surface area contributed by atoms with Gasteiger partial charge in [-0.05, 0) is 24.1 Å². The molecular formula is C16H18N4O. The SMILES string of the molecule is N#Cc1cccc(Cn2cncc2C(N)C2CCOC2)c1. The van der Waals surface area contributed by atoms with E-state index in [1.807, 2.05) is 24.4 Å². The number of benzene rings is 1. The lowest BCUT2D eigenvalue weighted by Gasteiger charge is -2.19. The summed E-state index contributed by atoms with van der Waals surface area (Å²) in [6.45, 7) is 2.18. The van der Waals surface area contributed by atoms with E-state index in [9.17, 15) is 0 Å². The summed E-state index contributed by atoms with van der Waals surface area (Å²) >= 11 is 0. The highest BCUT2D eigenvalue weighted by Crippen LogP contribution is 2.26. The second kappa shape index (κ2) is 6.08. The molecule has 1 aliphatic heterocycles. The number of rotatable bonds is 4. The Morgan fingerprint density at radius 2 is 2.43 bits per heavy atom. The summed E-state index contributed by atoms with van der Waals surface area (Å²) in [6, 6.07) is 9.71. The molecule has 2 aromatic rings. The van der Waals surface area contributed by atoms with Gasteiger partial charge in [0.1, 0.15) is 0 Å². The first-order chi connectivity index (χ1) is 10.3. The van der Waals surface area contributed by atoms with Crippen LogP contribution in [0, 0.1) is 17.2 Å². The fourth-order valence-electron chi connectivity index (χ4n) is 2.75. The number of ether oxygens (including phenoxy) is 1. The maximum absolute atomic E-state index is 8.97. The Balaban J connectivity index is 1.80. The maximum atomic E-state index is 8.97. The van der Waals surface area contributed by atoms with Crippen molar-refractivity contribution < 1.29 is 4.74 Å². The highest BCUT2D eigenvalue weighted by molar-refractivity contribution is 5.33. The third kappa shape index (κ3) is 2.97. The molecule has 1 aromatic carbocycles. The average molecular weight is 282 g/mol. The first-order valence-electron chi connectivity index (χ1n) is 7.10. The highest BCUT2D eigenvalue weighted by Gasteiger charge is 2.26. The van der Waals surface area contributed by atoms with E-state index >= 15 is 0 Å². The molecule has 1 aromatic heterocycles. The van der Waals surface area contributed by atoms with E-state index in [1.165, 1.54) is 0 Å². The number of hydrogen-bond donors (Lipinski definition) is 1. The molecule has 2 unspecified atom stereocenters. The number of imidazole rings is 1. The van der Waals surface area contributed by atoms with Gasteiger partial charge in [0.05, 0.1) is 36.3 Å². The molecule has 0 amide bonds. The van der Waals surface area contributed by atoms with Gasteiger partial charge in [0, 0.05) is 25.3 Å². The molecule has 0 aliphatic carbocycles. The van der Waals surface area contributed by atoms with Gasteiger partial charge in [0.25, 0.3) is 0 Å². The van der Waals surface area contributed by atoms with Crippen LogP contribution in [0.25, 0.3) is 0 Å². The van der Waals surface area contributed by atoms with Gasteiger partial charge in [-0.25, -0.2) is 4.98 Å². The van der Waals surface area contributed by atoms with Crippen LogP contribution < -0.4 is 5.73 Å². The molecule has 3 rings (SSSR count). The molecule has 2 heterocycles. The normalized spacial score (nSPS) is 19.3. The van der Waals surface area contributed by atoms with Gasteiger partial charge in [-0.1, -0.05) is 12.1 Å². The molecule has 0 saturated carbocycles. The van der Waals surface area contributed by atoms with Gasteiger partial charge >= 0.3 is 0 Å². The number of aromatic nitrogens is 2. The standard InChI is InChI=1S/C16H18N4O/c17-7-12-2-1-3-13(6-12)9-20-11-19-8-15(20)16(18)14-4-5-21-10-14/h1-3,6,8,11,14,16H,4-5,9-10,18H2. The van der Waals surface area contributed by atoms with Crippen LogP contribution >= 0.6 is 0 Å². The van der Waals surface area contributed by atoms with Crippen molar-refractivity contribution in [2.45, 2.75) is 19.0 Å². The van der Waals surface area contributed by atoms with Gasteiger partial charge in [0.15, 0.2) is 0 Å². The van der Waals surface area contributed by atoms with Crippen molar-refractivity contribution >= 4 is 0 Å². The summed E-state index contributed by atoms with van der Waals surface area (Å²) in [4.78, 5) is 4.23. The minimum atomic E-state index is -0.0610. The molecule has 2 atom stereocenters. The molecule has 2 N–H and O–H groups in total. The van der Waals surface area contributed by atoms with Crippen molar-refractivity contribution in [2.75, 3.05) is 13.2 Å². The van der Waals surface area contributed by atoms with Gasteiger partial charge < -0.3 is 15.0 Å². The lowest BCUT2D eigenvalue weighted by Crippen LogP contribution is -2.24. The van der Waals surface area contributed by atoms with Crippen LogP contribution in [0.2, 0.25) is 0 Å². The summed E-state index contributed by atoms with van der Waals surface area (Å²) in [5.74, 6) is 0.353. The van der Waals surface area contributed by atoms with Crippen LogP contribution in [0.1, 0.15) is 29.3 Å². The highest BCUT2D eigenvalue weighted by atomic mass is 16.5. The van der Waals surface area contributed by atoms with Gasteiger partial charge in [-0.15, -0.1) is 0 Å². The maximum Gasteiger partial charge on any atom is 0.0991 e. The largest absolute Gasteiger partial charge is 0.381 e. The Labute approximate surface area is 124 Å². The minimum absolute atomic E-state index is 0.0610. The van der Waals surface area contributed by atoms with E-state index in [-0.39, 0.29) is 6.04 Å². The van der Waals surface area contributed by atoms with Crippen molar-refractivity contribution in [3.63, 3.8) is 0 Å². The van der Waals surface area contributed by atoms with E-state index in [1.54, 1.807) is 12.4 Å². The van der Waals surface area contributed by atoms with E-state index in [4.69, 9.17) is 15.7 Å². The number of hydrogen-bond acceptors (Lipinski definition) is 4. The molecule has 21 heavy (non-hydrogen) atoms. The van der Waals surface area contributed by atoms with Crippen molar-refractivity contribution in [3.05, 3.63) is 53.6 Å². The molecule has 108 valence electrons. The molecule has 1 fully saturated rings. The molecule has 0 radical (unpaired) electrons. The van der Waals surface area contributed by atoms with Crippen LogP contribution in [0.4, 0.5) is 0 Å². The summed E-state index contributed by atoms with van der Waals surface area (Å²) in [7, 11) is 0. The van der Waals surface area contributed by atoms with Crippen LogP contribution in [0.5, 0.6) is 0 Å².